The van der Waals surface area contributed by atoms with Crippen molar-refractivity contribution in [3.8, 4) is 17.1 Å². The zero-order valence-corrected chi connectivity index (χ0v) is 24.4. The predicted octanol–water partition coefficient (Wildman–Crippen LogP) is 2.50. The molecule has 1 saturated carbocycles. The molecule has 42 heavy (non-hydrogen) atoms. The highest BCUT2D eigenvalue weighted by atomic mass is 32.2. The summed E-state index contributed by atoms with van der Waals surface area (Å²) in [7, 11) is -1.24. The molecule has 1 amide bonds. The fourth-order valence-corrected chi connectivity index (χ4v) is 5.76. The number of pyridine rings is 1. The maximum absolute atomic E-state index is 14.0. The van der Waals surface area contributed by atoms with Gasteiger partial charge in [0.05, 0.1) is 43.1 Å². The van der Waals surface area contributed by atoms with Gasteiger partial charge in [-0.25, -0.2) is 24.1 Å². The van der Waals surface area contributed by atoms with Crippen molar-refractivity contribution in [2.45, 2.75) is 50.2 Å². The van der Waals surface area contributed by atoms with Crippen molar-refractivity contribution in [3.05, 3.63) is 48.8 Å². The van der Waals surface area contributed by atoms with Gasteiger partial charge in [0.1, 0.15) is 33.9 Å². The van der Waals surface area contributed by atoms with E-state index in [2.05, 4.69) is 35.0 Å². The lowest BCUT2D eigenvalue weighted by atomic mass is 9.76. The second kappa shape index (κ2) is 13.3. The summed E-state index contributed by atoms with van der Waals surface area (Å²) in [5.41, 5.74) is 0.217. The van der Waals surface area contributed by atoms with E-state index in [1.165, 1.54) is 0 Å². The van der Waals surface area contributed by atoms with Crippen LogP contribution in [0.1, 0.15) is 45.4 Å². The number of hydrogen-bond acceptors (Lipinski definition) is 11. The third-order valence-electron chi connectivity index (χ3n) is 7.12. The number of piperidine rings is 1. The van der Waals surface area contributed by atoms with E-state index in [-0.39, 0.29) is 23.7 Å². The van der Waals surface area contributed by atoms with E-state index in [0.29, 0.717) is 68.2 Å². The van der Waals surface area contributed by atoms with Crippen LogP contribution in [-0.4, -0.2) is 84.0 Å². The van der Waals surface area contributed by atoms with Gasteiger partial charge in [0, 0.05) is 31.0 Å². The van der Waals surface area contributed by atoms with Crippen molar-refractivity contribution in [3.63, 3.8) is 0 Å². The summed E-state index contributed by atoms with van der Waals surface area (Å²) < 4.78 is 26.0. The molecule has 1 aliphatic heterocycles. The van der Waals surface area contributed by atoms with Gasteiger partial charge in [0.15, 0.2) is 0 Å². The number of hydrogen-bond donors (Lipinski definition) is 2. The summed E-state index contributed by atoms with van der Waals surface area (Å²) in [6.45, 7) is 5.49. The summed E-state index contributed by atoms with van der Waals surface area (Å²) in [6, 6.07) is 5.14. The Bertz CT molecular complexity index is 1430. The topological polar surface area (TPSA) is 161 Å². The summed E-state index contributed by atoms with van der Waals surface area (Å²) in [5, 5.41) is 3.06. The monoisotopic (exact) mass is 594 g/mol. The van der Waals surface area contributed by atoms with Crippen LogP contribution in [0.5, 0.6) is 5.88 Å². The summed E-state index contributed by atoms with van der Waals surface area (Å²) in [6.07, 6.45) is 8.90. The van der Waals surface area contributed by atoms with E-state index in [4.69, 9.17) is 9.47 Å². The minimum atomic E-state index is -1.24. The van der Waals surface area contributed by atoms with E-state index < -0.39 is 16.4 Å². The molecule has 0 bridgehead atoms. The zero-order valence-electron chi connectivity index (χ0n) is 23.6. The molecule has 0 spiro atoms. The molecule has 1 saturated heterocycles. The number of aromatic nitrogens is 5. The molecule has 14 heteroatoms. The number of anilines is 2. The van der Waals surface area contributed by atoms with E-state index in [1.807, 2.05) is 11.8 Å². The molecule has 2 aliphatic rings. The number of carbonyl (C=O) groups is 2. The summed E-state index contributed by atoms with van der Waals surface area (Å²) >= 11 is 0. The molecule has 2 fully saturated rings. The molecule has 3 aromatic rings. The smallest absolute Gasteiger partial charge is 0.320 e. The van der Waals surface area contributed by atoms with Gasteiger partial charge in [-0.15, -0.1) is 0 Å². The third kappa shape index (κ3) is 7.05. The molecule has 1 unspecified atom stereocenters. The molecule has 3 aromatic heterocycles. The maximum atomic E-state index is 14.0. The first kappa shape index (κ1) is 29.5. The van der Waals surface area contributed by atoms with Crippen LogP contribution in [0, 0.1) is 0 Å². The van der Waals surface area contributed by atoms with Gasteiger partial charge in [-0.3, -0.25) is 24.2 Å². The molecule has 0 aromatic carbocycles. The van der Waals surface area contributed by atoms with Crippen molar-refractivity contribution in [1.82, 2.24) is 29.8 Å². The first-order valence-corrected chi connectivity index (χ1v) is 15.2. The quantitative estimate of drug-likeness (QED) is 0.296. The second-order valence-corrected chi connectivity index (χ2v) is 11.6. The Balaban J connectivity index is 1.36. The van der Waals surface area contributed by atoms with Crippen LogP contribution < -0.4 is 14.8 Å². The number of nitrogens with one attached hydrogen (secondary N) is 2. The Morgan fingerprint density at radius 1 is 1.02 bits per heavy atom. The van der Waals surface area contributed by atoms with Gasteiger partial charge < -0.3 is 14.8 Å². The Labute approximate surface area is 246 Å². The van der Waals surface area contributed by atoms with Gasteiger partial charge in [-0.1, -0.05) is 0 Å². The SMILES string of the molecule is CCOC(=O)CN1CCC(C(=O)Nc2ccc(-c3cncc(OCC)n3)cn2)(c2nccc(NS(=O)C3CC3)n2)CC1. The highest BCUT2D eigenvalue weighted by Crippen LogP contribution is 2.36. The van der Waals surface area contributed by atoms with E-state index in [0.717, 1.165) is 18.4 Å². The number of rotatable bonds is 12. The molecule has 1 aliphatic carbocycles. The highest BCUT2D eigenvalue weighted by Gasteiger charge is 2.46. The first-order valence-electron chi connectivity index (χ1n) is 14.0. The normalized spacial score (nSPS) is 17.2. The van der Waals surface area contributed by atoms with E-state index in [9.17, 15) is 13.8 Å². The standard InChI is InChI=1S/C28H34N8O5S/c1-3-40-24-17-29-16-21(32-24)19-5-8-22(31-15-19)34-27(38)28(10-13-36(14-11-28)18-25(37)41-4-2)26-30-12-9-23(33-26)35-42(39)20-6-7-20/h5,8-9,12,15-17,20H,3-4,6-7,10-11,13-14,18H2,1-2H3,(H,30,33,35)(H,31,34,38). The minimum Gasteiger partial charge on any atom is -0.477 e. The van der Waals surface area contributed by atoms with Crippen molar-refractivity contribution < 1.29 is 23.3 Å². The van der Waals surface area contributed by atoms with Crippen LogP contribution in [0.25, 0.3) is 11.3 Å². The van der Waals surface area contributed by atoms with Gasteiger partial charge >= 0.3 is 5.97 Å². The number of esters is 1. The molecule has 2 N–H and O–H groups in total. The Morgan fingerprint density at radius 2 is 1.83 bits per heavy atom. The minimum absolute atomic E-state index is 0.119. The van der Waals surface area contributed by atoms with Crippen LogP contribution in [-0.2, 0) is 30.7 Å². The van der Waals surface area contributed by atoms with Crippen molar-refractivity contribution >= 4 is 34.5 Å². The summed E-state index contributed by atoms with van der Waals surface area (Å²) in [4.78, 5) is 50.2. The largest absolute Gasteiger partial charge is 0.477 e. The Hall–Kier alpha value is -4.04. The van der Waals surface area contributed by atoms with Gasteiger partial charge in [-0.05, 0) is 57.7 Å². The molecule has 4 heterocycles. The van der Waals surface area contributed by atoms with Crippen LogP contribution in [0.2, 0.25) is 0 Å². The zero-order chi connectivity index (χ0) is 29.5. The average molecular weight is 595 g/mol. The lowest BCUT2D eigenvalue weighted by molar-refractivity contribution is -0.144. The van der Waals surface area contributed by atoms with Crippen molar-refractivity contribution in [2.75, 3.05) is 42.9 Å². The number of ether oxygens (including phenoxy) is 2. The number of likely N-dealkylation sites (tertiary alicyclic amines) is 1. The fourth-order valence-electron chi connectivity index (χ4n) is 4.71. The number of amides is 1. The molecule has 5 rings (SSSR count). The van der Waals surface area contributed by atoms with E-state index in [1.54, 1.807) is 49.9 Å². The molecular formula is C28H34N8O5S. The Morgan fingerprint density at radius 3 is 2.52 bits per heavy atom. The number of nitrogens with zero attached hydrogens (tertiary/aromatic N) is 6. The third-order valence-corrected chi connectivity index (χ3v) is 8.61. The van der Waals surface area contributed by atoms with Gasteiger partial charge in [0.2, 0.25) is 11.8 Å². The second-order valence-electron chi connectivity index (χ2n) is 10.1. The molecule has 222 valence electrons. The molecule has 13 nitrogen and oxygen atoms in total. The maximum Gasteiger partial charge on any atom is 0.320 e. The van der Waals surface area contributed by atoms with Crippen LogP contribution >= 0.6 is 0 Å². The lowest BCUT2D eigenvalue weighted by Gasteiger charge is -2.39. The van der Waals surface area contributed by atoms with Crippen molar-refractivity contribution in [2.24, 2.45) is 0 Å². The summed E-state index contributed by atoms with van der Waals surface area (Å²) in [5.74, 6) is 0.895. The van der Waals surface area contributed by atoms with Crippen LogP contribution in [0.3, 0.4) is 0 Å². The first-order chi connectivity index (χ1) is 20.4. The molecule has 0 radical (unpaired) electrons. The number of carbonyl (C=O) groups excluding carboxylic acids is 2. The average Bonchev–Trinajstić information content (AvgIpc) is 3.85. The molecular weight excluding hydrogens is 560 g/mol. The molecule has 1 atom stereocenters. The highest BCUT2D eigenvalue weighted by molar-refractivity contribution is 7.87. The van der Waals surface area contributed by atoms with Gasteiger partial charge in [-0.2, -0.15) is 0 Å². The predicted molar refractivity (Wildman–Crippen MR) is 156 cm³/mol. The van der Waals surface area contributed by atoms with Crippen LogP contribution in [0.4, 0.5) is 11.6 Å². The van der Waals surface area contributed by atoms with E-state index >= 15 is 0 Å². The van der Waals surface area contributed by atoms with Gasteiger partial charge in [0.25, 0.3) is 0 Å². The van der Waals surface area contributed by atoms with Crippen LogP contribution in [0.15, 0.2) is 43.0 Å². The Kier molecular flexibility index (Phi) is 9.32. The lowest BCUT2D eigenvalue weighted by Crippen LogP contribution is -2.51. The van der Waals surface area contributed by atoms with Crippen molar-refractivity contribution in [1.29, 1.82) is 0 Å². The fraction of sp³-hybridized carbons (Fsp3) is 0.464.